The highest BCUT2D eigenvalue weighted by Gasteiger charge is 2.16. The van der Waals surface area contributed by atoms with Gasteiger partial charge < -0.3 is 15.2 Å². The SMILES string of the molecule is Oc1c(F)cccc1CNc1cnn(CC2CCCO2)c1. The summed E-state index contributed by atoms with van der Waals surface area (Å²) < 4.78 is 20.6. The number of nitrogens with zero attached hydrogens (tertiary/aromatic N) is 2. The standard InChI is InChI=1S/C15H18FN3O2/c16-14-5-1-3-11(15(14)20)7-17-12-8-18-19(9-12)10-13-4-2-6-21-13/h1,3,5,8-9,13,17,20H,2,4,6-7,10H2. The molecular weight excluding hydrogens is 273 g/mol. The first kappa shape index (κ1) is 13.9. The van der Waals surface area contributed by atoms with E-state index in [4.69, 9.17) is 4.74 Å². The molecule has 1 fully saturated rings. The van der Waals surface area contributed by atoms with Crippen LogP contribution < -0.4 is 5.32 Å². The van der Waals surface area contributed by atoms with Gasteiger partial charge in [-0.05, 0) is 18.9 Å². The molecule has 5 nitrogen and oxygen atoms in total. The summed E-state index contributed by atoms with van der Waals surface area (Å²) in [6.07, 6.45) is 6.02. The molecule has 2 N–H and O–H groups in total. The van der Waals surface area contributed by atoms with Gasteiger partial charge in [-0.25, -0.2) is 4.39 Å². The molecular formula is C15H18FN3O2. The molecule has 112 valence electrons. The average Bonchev–Trinajstić information content (AvgIpc) is 3.13. The predicted molar refractivity (Wildman–Crippen MR) is 76.6 cm³/mol. The minimum Gasteiger partial charge on any atom is -0.505 e. The lowest BCUT2D eigenvalue weighted by Gasteiger charge is -2.09. The van der Waals surface area contributed by atoms with Crippen molar-refractivity contribution in [3.63, 3.8) is 0 Å². The zero-order valence-corrected chi connectivity index (χ0v) is 11.6. The Labute approximate surface area is 122 Å². The first-order valence-corrected chi connectivity index (χ1v) is 7.06. The van der Waals surface area contributed by atoms with Crippen LogP contribution in [0.1, 0.15) is 18.4 Å². The number of para-hydroxylation sites is 1. The Kier molecular flexibility index (Phi) is 4.06. The minimum absolute atomic E-state index is 0.241. The van der Waals surface area contributed by atoms with Crippen LogP contribution in [0.4, 0.5) is 10.1 Å². The molecule has 6 heteroatoms. The number of phenols is 1. The number of hydrogen-bond acceptors (Lipinski definition) is 4. The van der Waals surface area contributed by atoms with Gasteiger partial charge >= 0.3 is 0 Å². The van der Waals surface area contributed by atoms with E-state index in [1.807, 2.05) is 10.9 Å². The van der Waals surface area contributed by atoms with Crippen LogP contribution in [0.25, 0.3) is 0 Å². The molecule has 1 unspecified atom stereocenters. The van der Waals surface area contributed by atoms with Crippen molar-refractivity contribution < 1.29 is 14.2 Å². The zero-order chi connectivity index (χ0) is 14.7. The molecule has 1 aromatic heterocycles. The molecule has 0 amide bonds. The van der Waals surface area contributed by atoms with Crippen LogP contribution in [0.15, 0.2) is 30.6 Å². The molecule has 3 rings (SSSR count). The fourth-order valence-corrected chi connectivity index (χ4v) is 2.45. The third-order valence-electron chi connectivity index (χ3n) is 3.60. The number of phenolic OH excluding ortho intramolecular Hbond substituents is 1. The number of rotatable bonds is 5. The number of hydrogen-bond donors (Lipinski definition) is 2. The number of halogens is 1. The summed E-state index contributed by atoms with van der Waals surface area (Å²) in [5.74, 6) is -0.917. The van der Waals surface area contributed by atoms with Crippen molar-refractivity contribution in [1.29, 1.82) is 0 Å². The van der Waals surface area contributed by atoms with Crippen LogP contribution in [0.5, 0.6) is 5.75 Å². The van der Waals surface area contributed by atoms with E-state index >= 15 is 0 Å². The van der Waals surface area contributed by atoms with Crippen LogP contribution >= 0.6 is 0 Å². The molecule has 21 heavy (non-hydrogen) atoms. The first-order valence-electron chi connectivity index (χ1n) is 7.06. The Hall–Kier alpha value is -2.08. The number of aromatic nitrogens is 2. The topological polar surface area (TPSA) is 59.3 Å². The summed E-state index contributed by atoms with van der Waals surface area (Å²) in [6, 6.07) is 4.49. The largest absolute Gasteiger partial charge is 0.505 e. The number of anilines is 1. The lowest BCUT2D eigenvalue weighted by Crippen LogP contribution is -2.15. The molecule has 0 spiro atoms. The second-order valence-electron chi connectivity index (χ2n) is 5.19. The number of benzene rings is 1. The van der Waals surface area contributed by atoms with Crippen molar-refractivity contribution in [2.45, 2.75) is 32.0 Å². The molecule has 1 saturated heterocycles. The lowest BCUT2D eigenvalue weighted by molar-refractivity contribution is 0.0940. The molecule has 2 heterocycles. The molecule has 0 aliphatic carbocycles. The van der Waals surface area contributed by atoms with Gasteiger partial charge in [0.25, 0.3) is 0 Å². The highest BCUT2D eigenvalue weighted by Crippen LogP contribution is 2.22. The van der Waals surface area contributed by atoms with Crippen molar-refractivity contribution in [3.05, 3.63) is 42.0 Å². The van der Waals surface area contributed by atoms with Gasteiger partial charge in [0.1, 0.15) is 0 Å². The molecule has 1 atom stereocenters. The van der Waals surface area contributed by atoms with E-state index in [1.54, 1.807) is 18.3 Å². The third-order valence-corrected chi connectivity index (χ3v) is 3.60. The Balaban J connectivity index is 1.58. The molecule has 0 radical (unpaired) electrons. The van der Waals surface area contributed by atoms with Crippen LogP contribution in [-0.2, 0) is 17.8 Å². The highest BCUT2D eigenvalue weighted by molar-refractivity contribution is 5.42. The second kappa shape index (κ2) is 6.13. The first-order chi connectivity index (χ1) is 10.2. The molecule has 0 bridgehead atoms. The molecule has 0 saturated carbocycles. The Bertz CT molecular complexity index is 609. The highest BCUT2D eigenvalue weighted by atomic mass is 19.1. The van der Waals surface area contributed by atoms with Crippen molar-refractivity contribution in [1.82, 2.24) is 9.78 Å². The van der Waals surface area contributed by atoms with Crippen molar-refractivity contribution in [2.24, 2.45) is 0 Å². The summed E-state index contributed by atoms with van der Waals surface area (Å²) in [7, 11) is 0. The quantitative estimate of drug-likeness (QED) is 0.888. The predicted octanol–water partition coefficient (Wildman–Crippen LogP) is 2.52. The number of ether oxygens (including phenoxy) is 1. The fraction of sp³-hybridized carbons (Fsp3) is 0.400. The van der Waals surface area contributed by atoms with E-state index < -0.39 is 5.82 Å². The number of aromatic hydroxyl groups is 1. The van der Waals surface area contributed by atoms with E-state index in [9.17, 15) is 9.50 Å². The average molecular weight is 291 g/mol. The summed E-state index contributed by atoms with van der Waals surface area (Å²) in [6.45, 7) is 1.91. The maximum absolute atomic E-state index is 13.2. The van der Waals surface area contributed by atoms with Gasteiger partial charge in [-0.15, -0.1) is 0 Å². The van der Waals surface area contributed by atoms with Gasteiger partial charge in [0.2, 0.25) is 0 Å². The summed E-state index contributed by atoms with van der Waals surface area (Å²) >= 11 is 0. The normalized spacial score (nSPS) is 18.0. The second-order valence-corrected chi connectivity index (χ2v) is 5.19. The van der Waals surface area contributed by atoms with Gasteiger partial charge in [-0.1, -0.05) is 12.1 Å². The zero-order valence-electron chi connectivity index (χ0n) is 11.6. The minimum atomic E-state index is -0.608. The van der Waals surface area contributed by atoms with E-state index in [1.165, 1.54) is 6.07 Å². The van der Waals surface area contributed by atoms with E-state index in [0.717, 1.165) is 31.7 Å². The number of nitrogens with one attached hydrogen (secondary N) is 1. The van der Waals surface area contributed by atoms with Gasteiger partial charge in [-0.3, -0.25) is 4.68 Å². The van der Waals surface area contributed by atoms with Gasteiger partial charge in [-0.2, -0.15) is 5.10 Å². The van der Waals surface area contributed by atoms with Crippen LogP contribution in [0.2, 0.25) is 0 Å². The Morgan fingerprint density at radius 2 is 2.38 bits per heavy atom. The van der Waals surface area contributed by atoms with Crippen LogP contribution in [0.3, 0.4) is 0 Å². The van der Waals surface area contributed by atoms with Crippen molar-refractivity contribution in [3.8, 4) is 5.75 Å². The molecule has 1 aromatic carbocycles. The van der Waals surface area contributed by atoms with E-state index in [2.05, 4.69) is 10.4 Å². The van der Waals surface area contributed by atoms with Crippen molar-refractivity contribution >= 4 is 5.69 Å². The van der Waals surface area contributed by atoms with Crippen LogP contribution in [-0.4, -0.2) is 27.6 Å². The summed E-state index contributed by atoms with van der Waals surface area (Å²) in [4.78, 5) is 0. The lowest BCUT2D eigenvalue weighted by atomic mass is 10.2. The Morgan fingerprint density at radius 3 is 3.19 bits per heavy atom. The van der Waals surface area contributed by atoms with Gasteiger partial charge in [0.15, 0.2) is 11.6 Å². The fourth-order valence-electron chi connectivity index (χ4n) is 2.45. The smallest absolute Gasteiger partial charge is 0.165 e. The summed E-state index contributed by atoms with van der Waals surface area (Å²) in [5, 5.41) is 17.0. The Morgan fingerprint density at radius 1 is 1.48 bits per heavy atom. The maximum atomic E-state index is 13.2. The molecule has 2 aromatic rings. The monoisotopic (exact) mass is 291 g/mol. The van der Waals surface area contributed by atoms with Gasteiger partial charge in [0.05, 0.1) is 24.5 Å². The van der Waals surface area contributed by atoms with E-state index in [-0.39, 0.29) is 11.9 Å². The third kappa shape index (κ3) is 3.33. The van der Waals surface area contributed by atoms with Gasteiger partial charge in [0, 0.05) is 24.9 Å². The summed E-state index contributed by atoms with van der Waals surface area (Å²) in [5.41, 5.74) is 1.35. The van der Waals surface area contributed by atoms with Crippen molar-refractivity contribution in [2.75, 3.05) is 11.9 Å². The maximum Gasteiger partial charge on any atom is 0.165 e. The van der Waals surface area contributed by atoms with E-state index in [0.29, 0.717) is 12.1 Å². The molecule has 1 aliphatic rings. The van der Waals surface area contributed by atoms with Crippen LogP contribution in [0, 0.1) is 5.82 Å². The molecule has 1 aliphatic heterocycles.